The van der Waals surface area contributed by atoms with E-state index in [1.807, 2.05) is 20.8 Å². The van der Waals surface area contributed by atoms with Crippen molar-refractivity contribution in [1.82, 2.24) is 0 Å². The fourth-order valence-corrected chi connectivity index (χ4v) is 1.94. The van der Waals surface area contributed by atoms with E-state index in [1.54, 1.807) is 6.92 Å². The SMILES string of the molecule is C[C@@H]1OC(C)(C)O[C@H]1[C@@](C)(O)CCO. The average Bonchev–Trinajstić information content (AvgIpc) is 2.25. The van der Waals surface area contributed by atoms with E-state index in [4.69, 9.17) is 14.6 Å². The zero-order chi connectivity index (χ0) is 11.0. The van der Waals surface area contributed by atoms with E-state index in [1.165, 1.54) is 0 Å². The third kappa shape index (κ3) is 2.45. The predicted molar refractivity (Wildman–Crippen MR) is 51.8 cm³/mol. The van der Waals surface area contributed by atoms with Gasteiger partial charge in [-0.15, -0.1) is 0 Å². The Labute approximate surface area is 84.8 Å². The van der Waals surface area contributed by atoms with E-state index < -0.39 is 11.4 Å². The average molecular weight is 204 g/mol. The molecule has 4 heteroatoms. The standard InChI is InChI=1S/C10H20O4/c1-7-8(10(4,12)5-6-11)14-9(2,3)13-7/h7-8,11-12H,5-6H2,1-4H3/t7-,8+,10-/m0/s1. The van der Waals surface area contributed by atoms with Gasteiger partial charge in [-0.05, 0) is 27.7 Å². The van der Waals surface area contributed by atoms with Gasteiger partial charge >= 0.3 is 0 Å². The molecule has 0 unspecified atom stereocenters. The number of ether oxygens (including phenoxy) is 2. The number of rotatable bonds is 3. The maximum atomic E-state index is 10.1. The van der Waals surface area contributed by atoms with Crippen LogP contribution in [0, 0.1) is 0 Å². The Hall–Kier alpha value is -0.160. The van der Waals surface area contributed by atoms with Crippen molar-refractivity contribution < 1.29 is 19.7 Å². The van der Waals surface area contributed by atoms with E-state index in [0.717, 1.165) is 0 Å². The minimum absolute atomic E-state index is 0.0555. The molecule has 1 aliphatic heterocycles. The van der Waals surface area contributed by atoms with Crippen LogP contribution in [0.25, 0.3) is 0 Å². The van der Waals surface area contributed by atoms with Crippen LogP contribution < -0.4 is 0 Å². The molecule has 0 bridgehead atoms. The zero-order valence-corrected chi connectivity index (χ0v) is 9.28. The summed E-state index contributed by atoms with van der Waals surface area (Å²) in [7, 11) is 0. The molecule has 2 N–H and O–H groups in total. The second-order valence-electron chi connectivity index (χ2n) is 4.59. The van der Waals surface area contributed by atoms with Gasteiger partial charge < -0.3 is 19.7 Å². The van der Waals surface area contributed by atoms with E-state index in [2.05, 4.69) is 0 Å². The largest absolute Gasteiger partial charge is 0.396 e. The summed E-state index contributed by atoms with van der Waals surface area (Å²) in [5.41, 5.74) is -1.04. The molecule has 0 saturated carbocycles. The van der Waals surface area contributed by atoms with Crippen molar-refractivity contribution in [2.45, 2.75) is 57.7 Å². The smallest absolute Gasteiger partial charge is 0.163 e. The van der Waals surface area contributed by atoms with Gasteiger partial charge in [0.1, 0.15) is 6.10 Å². The highest BCUT2D eigenvalue weighted by Crippen LogP contribution is 2.34. The molecule has 84 valence electrons. The first-order valence-electron chi connectivity index (χ1n) is 4.97. The van der Waals surface area contributed by atoms with Gasteiger partial charge in [-0.2, -0.15) is 0 Å². The van der Waals surface area contributed by atoms with Crippen molar-refractivity contribution in [2.24, 2.45) is 0 Å². The molecule has 1 fully saturated rings. The van der Waals surface area contributed by atoms with Crippen molar-refractivity contribution in [2.75, 3.05) is 6.61 Å². The van der Waals surface area contributed by atoms with Crippen LogP contribution in [-0.4, -0.2) is 40.4 Å². The molecule has 1 aliphatic rings. The Morgan fingerprint density at radius 3 is 2.29 bits per heavy atom. The molecule has 0 aromatic heterocycles. The van der Waals surface area contributed by atoms with Crippen molar-refractivity contribution in [1.29, 1.82) is 0 Å². The second-order valence-corrected chi connectivity index (χ2v) is 4.59. The van der Waals surface area contributed by atoms with Gasteiger partial charge in [0.25, 0.3) is 0 Å². The summed E-state index contributed by atoms with van der Waals surface area (Å²) in [6.45, 7) is 7.11. The highest BCUT2D eigenvalue weighted by Gasteiger charge is 2.47. The molecule has 0 radical (unpaired) electrons. The monoisotopic (exact) mass is 204 g/mol. The van der Waals surface area contributed by atoms with Gasteiger partial charge in [0.05, 0.1) is 11.7 Å². The van der Waals surface area contributed by atoms with Crippen LogP contribution in [-0.2, 0) is 9.47 Å². The minimum Gasteiger partial charge on any atom is -0.396 e. The third-order valence-electron chi connectivity index (χ3n) is 2.54. The normalized spacial score (nSPS) is 35.6. The maximum Gasteiger partial charge on any atom is 0.163 e. The quantitative estimate of drug-likeness (QED) is 0.709. The molecular formula is C10H20O4. The Balaban J connectivity index is 2.69. The second kappa shape index (κ2) is 3.77. The van der Waals surface area contributed by atoms with Gasteiger partial charge in [-0.25, -0.2) is 0 Å². The van der Waals surface area contributed by atoms with Crippen molar-refractivity contribution in [3.8, 4) is 0 Å². The van der Waals surface area contributed by atoms with Crippen LogP contribution >= 0.6 is 0 Å². The summed E-state index contributed by atoms with van der Waals surface area (Å²) in [4.78, 5) is 0. The first-order chi connectivity index (χ1) is 6.28. The predicted octanol–water partition coefficient (Wildman–Crippen LogP) is 0.660. The number of aliphatic hydroxyl groups excluding tert-OH is 1. The van der Waals surface area contributed by atoms with E-state index in [-0.39, 0.29) is 18.8 Å². The lowest BCUT2D eigenvalue weighted by Gasteiger charge is -2.30. The van der Waals surface area contributed by atoms with Crippen LogP contribution in [0.1, 0.15) is 34.1 Å². The first-order valence-corrected chi connectivity index (χ1v) is 4.97. The van der Waals surface area contributed by atoms with Crippen LogP contribution in [0.4, 0.5) is 0 Å². The lowest BCUT2D eigenvalue weighted by Crippen LogP contribution is -2.45. The van der Waals surface area contributed by atoms with Crippen molar-refractivity contribution in [3.05, 3.63) is 0 Å². The molecule has 0 spiro atoms. The summed E-state index contributed by atoms with van der Waals surface area (Å²) in [5, 5.41) is 18.9. The van der Waals surface area contributed by atoms with Gasteiger partial charge in [0.2, 0.25) is 0 Å². The van der Waals surface area contributed by atoms with E-state index in [0.29, 0.717) is 6.42 Å². The molecule has 14 heavy (non-hydrogen) atoms. The lowest BCUT2D eigenvalue weighted by molar-refractivity contribution is -0.170. The molecule has 0 aliphatic carbocycles. The van der Waals surface area contributed by atoms with Crippen molar-refractivity contribution in [3.63, 3.8) is 0 Å². The topological polar surface area (TPSA) is 58.9 Å². The minimum atomic E-state index is -1.04. The van der Waals surface area contributed by atoms with Gasteiger partial charge in [-0.1, -0.05) is 0 Å². The summed E-state index contributed by atoms with van der Waals surface area (Å²) < 4.78 is 11.1. The van der Waals surface area contributed by atoms with Gasteiger partial charge in [0.15, 0.2) is 5.79 Å². The first kappa shape index (κ1) is 11.9. The fourth-order valence-electron chi connectivity index (χ4n) is 1.94. The maximum absolute atomic E-state index is 10.1. The highest BCUT2D eigenvalue weighted by atomic mass is 16.8. The molecule has 1 saturated heterocycles. The number of hydrogen-bond donors (Lipinski definition) is 2. The Morgan fingerprint density at radius 1 is 1.36 bits per heavy atom. The zero-order valence-electron chi connectivity index (χ0n) is 9.28. The van der Waals surface area contributed by atoms with Crippen molar-refractivity contribution >= 4 is 0 Å². The third-order valence-corrected chi connectivity index (χ3v) is 2.54. The van der Waals surface area contributed by atoms with Gasteiger partial charge in [-0.3, -0.25) is 0 Å². The highest BCUT2D eigenvalue weighted by molar-refractivity contribution is 4.92. The van der Waals surface area contributed by atoms with Crippen LogP contribution in [0.5, 0.6) is 0 Å². The Bertz CT molecular complexity index is 200. The number of hydrogen-bond acceptors (Lipinski definition) is 4. The van der Waals surface area contributed by atoms with Crippen LogP contribution in [0.3, 0.4) is 0 Å². The molecule has 0 aromatic rings. The summed E-state index contributed by atoms with van der Waals surface area (Å²) >= 11 is 0. The molecule has 3 atom stereocenters. The van der Waals surface area contributed by atoms with Crippen LogP contribution in [0.15, 0.2) is 0 Å². The number of aliphatic hydroxyl groups is 2. The fraction of sp³-hybridized carbons (Fsp3) is 1.00. The lowest BCUT2D eigenvalue weighted by atomic mass is 9.92. The summed E-state index contributed by atoms with van der Waals surface area (Å²) in [6.07, 6.45) is -0.252. The van der Waals surface area contributed by atoms with Gasteiger partial charge in [0, 0.05) is 13.0 Å². The molecular weight excluding hydrogens is 184 g/mol. The van der Waals surface area contributed by atoms with E-state index in [9.17, 15) is 5.11 Å². The molecule has 1 heterocycles. The van der Waals surface area contributed by atoms with E-state index >= 15 is 0 Å². The Morgan fingerprint density at radius 2 is 1.93 bits per heavy atom. The molecule has 0 aromatic carbocycles. The van der Waals surface area contributed by atoms with Crippen LogP contribution in [0.2, 0.25) is 0 Å². The molecule has 1 rings (SSSR count). The molecule has 4 nitrogen and oxygen atoms in total. The summed E-state index contributed by atoms with van der Waals surface area (Å²) in [6, 6.07) is 0. The molecule has 0 amide bonds. The Kier molecular flexibility index (Phi) is 3.21. The summed E-state index contributed by atoms with van der Waals surface area (Å²) in [5.74, 6) is -0.649.